The summed E-state index contributed by atoms with van der Waals surface area (Å²) in [5, 5.41) is 0.517. The van der Waals surface area contributed by atoms with Crippen LogP contribution in [0.2, 0.25) is 5.15 Å². The molecule has 1 aromatic heterocycles. The second kappa shape index (κ2) is 4.91. The van der Waals surface area contributed by atoms with Gasteiger partial charge < -0.3 is 10.6 Å². The number of anilines is 2. The van der Waals surface area contributed by atoms with Crippen LogP contribution < -0.4 is 10.6 Å². The van der Waals surface area contributed by atoms with Gasteiger partial charge in [0.15, 0.2) is 5.82 Å². The van der Waals surface area contributed by atoms with Crippen molar-refractivity contribution in [2.45, 2.75) is 26.2 Å². The molecule has 0 saturated carbocycles. The summed E-state index contributed by atoms with van der Waals surface area (Å²) in [6.07, 6.45) is 3.75. The highest BCUT2D eigenvalue weighted by Gasteiger charge is 2.21. The van der Waals surface area contributed by atoms with Gasteiger partial charge >= 0.3 is 0 Å². The van der Waals surface area contributed by atoms with Gasteiger partial charge in [-0.2, -0.15) is 0 Å². The monoisotopic (exact) mass is 239 g/mol. The van der Waals surface area contributed by atoms with Gasteiger partial charge in [0.05, 0.1) is 5.69 Å². The number of aromatic nitrogens is 1. The van der Waals surface area contributed by atoms with Crippen molar-refractivity contribution in [1.29, 1.82) is 0 Å². The summed E-state index contributed by atoms with van der Waals surface area (Å²) in [5.74, 6) is 1.61. The van der Waals surface area contributed by atoms with Gasteiger partial charge in [-0.25, -0.2) is 4.98 Å². The summed E-state index contributed by atoms with van der Waals surface area (Å²) in [6.45, 7) is 4.32. The normalized spacial score (nSPS) is 21.1. The first-order chi connectivity index (χ1) is 7.70. The van der Waals surface area contributed by atoms with Crippen molar-refractivity contribution in [3.8, 4) is 0 Å². The summed E-state index contributed by atoms with van der Waals surface area (Å²) in [7, 11) is 0. The average molecular weight is 240 g/mol. The number of halogens is 1. The molecule has 4 heteroatoms. The van der Waals surface area contributed by atoms with E-state index in [2.05, 4.69) is 16.8 Å². The van der Waals surface area contributed by atoms with E-state index in [1.54, 1.807) is 6.07 Å². The van der Waals surface area contributed by atoms with E-state index in [9.17, 15) is 0 Å². The van der Waals surface area contributed by atoms with E-state index < -0.39 is 0 Å². The Balaban J connectivity index is 2.19. The molecular weight excluding hydrogens is 222 g/mol. The summed E-state index contributed by atoms with van der Waals surface area (Å²) >= 11 is 5.91. The van der Waals surface area contributed by atoms with E-state index in [1.807, 2.05) is 6.07 Å². The molecule has 1 atom stereocenters. The summed E-state index contributed by atoms with van der Waals surface area (Å²) in [6, 6.07) is 3.57. The van der Waals surface area contributed by atoms with Crippen LogP contribution in [0.1, 0.15) is 26.2 Å². The Labute approximate surface area is 102 Å². The Bertz CT molecular complexity index is 367. The largest absolute Gasteiger partial charge is 0.396 e. The minimum absolute atomic E-state index is 0.517. The van der Waals surface area contributed by atoms with Crippen molar-refractivity contribution in [2.24, 2.45) is 5.92 Å². The highest BCUT2D eigenvalue weighted by molar-refractivity contribution is 6.29. The molecule has 0 aliphatic carbocycles. The summed E-state index contributed by atoms with van der Waals surface area (Å²) in [4.78, 5) is 6.59. The number of nitrogens with two attached hydrogens (primary N) is 1. The molecule has 1 saturated heterocycles. The first-order valence-electron chi connectivity index (χ1n) is 5.87. The fraction of sp³-hybridized carbons (Fsp3) is 0.583. The quantitative estimate of drug-likeness (QED) is 0.807. The number of nitrogen functional groups attached to an aromatic ring is 1. The van der Waals surface area contributed by atoms with Crippen LogP contribution in [0.5, 0.6) is 0 Å². The lowest BCUT2D eigenvalue weighted by molar-refractivity contribution is 0.403. The Hall–Kier alpha value is -0.960. The van der Waals surface area contributed by atoms with Gasteiger partial charge in [0.2, 0.25) is 0 Å². The summed E-state index contributed by atoms with van der Waals surface area (Å²) in [5.41, 5.74) is 6.67. The fourth-order valence-corrected chi connectivity index (χ4v) is 2.42. The second-order valence-corrected chi connectivity index (χ2v) is 4.80. The number of rotatable bonds is 2. The zero-order valence-electron chi connectivity index (χ0n) is 9.62. The van der Waals surface area contributed by atoms with E-state index >= 15 is 0 Å². The van der Waals surface area contributed by atoms with Gasteiger partial charge in [-0.15, -0.1) is 0 Å². The molecule has 2 heterocycles. The molecule has 88 valence electrons. The molecule has 3 nitrogen and oxygen atoms in total. The smallest absolute Gasteiger partial charge is 0.153 e. The molecule has 16 heavy (non-hydrogen) atoms. The molecule has 1 aliphatic heterocycles. The third-order valence-electron chi connectivity index (χ3n) is 3.27. The van der Waals surface area contributed by atoms with Gasteiger partial charge in [0, 0.05) is 13.1 Å². The highest BCUT2D eigenvalue weighted by Crippen LogP contribution is 2.28. The topological polar surface area (TPSA) is 42.2 Å². The van der Waals surface area contributed by atoms with Crippen LogP contribution in [0.4, 0.5) is 11.5 Å². The van der Waals surface area contributed by atoms with E-state index in [0.29, 0.717) is 5.15 Å². The molecule has 1 aliphatic rings. The maximum atomic E-state index is 5.94. The van der Waals surface area contributed by atoms with Crippen LogP contribution in [0.3, 0.4) is 0 Å². The molecule has 2 rings (SSSR count). The molecule has 0 amide bonds. The van der Waals surface area contributed by atoms with Crippen LogP contribution in [0.15, 0.2) is 12.1 Å². The SMILES string of the molecule is CCC1CCCN(c2nc(Cl)ccc2N)C1. The van der Waals surface area contributed by atoms with Crippen molar-refractivity contribution in [3.05, 3.63) is 17.3 Å². The van der Waals surface area contributed by atoms with Crippen LogP contribution in [0.25, 0.3) is 0 Å². The lowest BCUT2D eigenvalue weighted by atomic mass is 9.95. The number of nitrogens with zero attached hydrogens (tertiary/aromatic N) is 2. The predicted octanol–water partition coefficient (Wildman–Crippen LogP) is 2.94. The molecule has 2 N–H and O–H groups in total. The lowest BCUT2D eigenvalue weighted by Crippen LogP contribution is -2.36. The molecule has 1 aromatic rings. The van der Waals surface area contributed by atoms with E-state index in [4.69, 9.17) is 17.3 Å². The third-order valence-corrected chi connectivity index (χ3v) is 3.48. The molecule has 0 radical (unpaired) electrons. The van der Waals surface area contributed by atoms with Crippen molar-refractivity contribution < 1.29 is 0 Å². The second-order valence-electron chi connectivity index (χ2n) is 4.41. The zero-order chi connectivity index (χ0) is 11.5. The Morgan fingerprint density at radius 1 is 1.56 bits per heavy atom. The van der Waals surface area contributed by atoms with Gasteiger partial charge in [-0.1, -0.05) is 24.9 Å². The van der Waals surface area contributed by atoms with Crippen LogP contribution in [-0.2, 0) is 0 Å². The number of pyridine rings is 1. The molecule has 0 bridgehead atoms. The van der Waals surface area contributed by atoms with Crippen LogP contribution in [0, 0.1) is 5.92 Å². The van der Waals surface area contributed by atoms with Crippen molar-refractivity contribution in [1.82, 2.24) is 4.98 Å². The Morgan fingerprint density at radius 3 is 3.12 bits per heavy atom. The van der Waals surface area contributed by atoms with Crippen LogP contribution >= 0.6 is 11.6 Å². The average Bonchev–Trinajstić information content (AvgIpc) is 2.32. The van der Waals surface area contributed by atoms with Gasteiger partial charge in [-0.05, 0) is 30.9 Å². The first-order valence-corrected chi connectivity index (χ1v) is 6.25. The van der Waals surface area contributed by atoms with E-state index in [1.165, 1.54) is 19.3 Å². The molecule has 0 aromatic carbocycles. The maximum Gasteiger partial charge on any atom is 0.153 e. The Morgan fingerprint density at radius 2 is 2.38 bits per heavy atom. The molecule has 1 unspecified atom stereocenters. The lowest BCUT2D eigenvalue weighted by Gasteiger charge is -2.33. The third kappa shape index (κ3) is 2.40. The first kappa shape index (κ1) is 11.5. The van der Waals surface area contributed by atoms with Crippen LogP contribution in [-0.4, -0.2) is 18.1 Å². The molecule has 1 fully saturated rings. The molecule has 0 spiro atoms. The number of piperidine rings is 1. The highest BCUT2D eigenvalue weighted by atomic mass is 35.5. The minimum atomic E-state index is 0.517. The minimum Gasteiger partial charge on any atom is -0.396 e. The zero-order valence-corrected chi connectivity index (χ0v) is 10.4. The van der Waals surface area contributed by atoms with E-state index in [-0.39, 0.29) is 0 Å². The van der Waals surface area contributed by atoms with Crippen molar-refractivity contribution >= 4 is 23.1 Å². The van der Waals surface area contributed by atoms with Gasteiger partial charge in [-0.3, -0.25) is 0 Å². The maximum absolute atomic E-state index is 5.94. The number of hydrogen-bond acceptors (Lipinski definition) is 3. The number of hydrogen-bond donors (Lipinski definition) is 1. The van der Waals surface area contributed by atoms with Crippen molar-refractivity contribution in [3.63, 3.8) is 0 Å². The Kier molecular flexibility index (Phi) is 3.54. The van der Waals surface area contributed by atoms with Crippen molar-refractivity contribution in [2.75, 3.05) is 23.7 Å². The van der Waals surface area contributed by atoms with Gasteiger partial charge in [0.1, 0.15) is 5.15 Å². The fourth-order valence-electron chi connectivity index (χ4n) is 2.28. The van der Waals surface area contributed by atoms with E-state index in [0.717, 1.165) is 30.5 Å². The standard InChI is InChI=1S/C12H18ClN3/c1-2-9-4-3-7-16(8-9)12-10(14)5-6-11(13)15-12/h5-6,9H,2-4,7-8,14H2,1H3. The van der Waals surface area contributed by atoms with Gasteiger partial charge in [0.25, 0.3) is 0 Å². The molecular formula is C12H18ClN3. The predicted molar refractivity (Wildman–Crippen MR) is 68.9 cm³/mol. The summed E-state index contributed by atoms with van der Waals surface area (Å²) < 4.78 is 0.